The van der Waals surface area contributed by atoms with E-state index in [1.165, 1.54) is 0 Å². The van der Waals surface area contributed by atoms with E-state index in [-0.39, 0.29) is 22.4 Å². The molecule has 4 bridgehead atoms. The van der Waals surface area contributed by atoms with Gasteiger partial charge in [-0.1, -0.05) is 36.4 Å². The largest absolute Gasteiger partial charge is 0.354 e. The van der Waals surface area contributed by atoms with E-state index in [0.717, 1.165) is 55.1 Å². The normalized spacial score (nSPS) is 29.5. The Labute approximate surface area is 248 Å². The van der Waals surface area contributed by atoms with Crippen LogP contribution in [0.5, 0.6) is 0 Å². The topological polar surface area (TPSA) is 73.1 Å². The number of ether oxygens (including phenoxy) is 2. The number of aromatic nitrogens is 1. The molecule has 214 valence electrons. The molecule has 2 aliphatic carbocycles. The molecule has 3 aromatic rings. The first kappa shape index (κ1) is 25.2. The number of hydrogen-bond donors (Lipinski definition) is 0. The van der Waals surface area contributed by atoms with Gasteiger partial charge in [-0.3, -0.25) is 14.6 Å². The Morgan fingerprint density at radius 2 is 2.07 bits per heavy atom. The van der Waals surface area contributed by atoms with E-state index >= 15 is 0 Å². The lowest BCUT2D eigenvalue weighted by Crippen LogP contribution is -2.71. The summed E-state index contributed by atoms with van der Waals surface area (Å²) < 4.78 is 15.8. The molecule has 4 atom stereocenters. The van der Waals surface area contributed by atoms with Crippen LogP contribution in [-0.4, -0.2) is 59.6 Å². The van der Waals surface area contributed by atoms with Gasteiger partial charge in [0.25, 0.3) is 12.1 Å². The number of aliphatic imine (C=N–C) groups is 1. The van der Waals surface area contributed by atoms with Crippen molar-refractivity contribution in [2.24, 2.45) is 4.99 Å². The van der Waals surface area contributed by atoms with E-state index < -0.39 is 11.8 Å². The zero-order valence-electron chi connectivity index (χ0n) is 24.3. The van der Waals surface area contributed by atoms with Crippen LogP contribution < -0.4 is 15.2 Å². The van der Waals surface area contributed by atoms with Crippen LogP contribution in [-0.2, 0) is 16.0 Å². The maximum absolute atomic E-state index is 14.6. The van der Waals surface area contributed by atoms with Crippen LogP contribution in [0.2, 0.25) is 0 Å². The van der Waals surface area contributed by atoms with Crippen molar-refractivity contribution >= 4 is 52.3 Å². The fourth-order valence-electron chi connectivity index (χ4n) is 8.62. The molecule has 6 aliphatic rings. The zero-order chi connectivity index (χ0) is 29.2. The molecule has 0 saturated carbocycles. The molecule has 0 N–H and O–H groups in total. The van der Waals surface area contributed by atoms with Crippen molar-refractivity contribution in [3.63, 3.8) is 0 Å². The number of amides is 1. The molecule has 1 fully saturated rings. The summed E-state index contributed by atoms with van der Waals surface area (Å²) in [6.45, 7) is 2.62. The third kappa shape index (κ3) is 2.89. The van der Waals surface area contributed by atoms with E-state index in [1.807, 2.05) is 54.8 Å². The van der Waals surface area contributed by atoms with Gasteiger partial charge >= 0.3 is 0 Å². The molecular formula is C35H31N4O4+. The smallest absolute Gasteiger partial charge is 0.299 e. The first-order valence-electron chi connectivity index (χ1n) is 14.9. The van der Waals surface area contributed by atoms with Gasteiger partial charge in [-0.05, 0) is 37.6 Å². The number of fused-ring (bicyclic) bond motifs is 9. The third-order valence-electron chi connectivity index (χ3n) is 10.2. The molecule has 1 amide bonds. The Balaban J connectivity index is 1.53. The van der Waals surface area contributed by atoms with Gasteiger partial charge in [0, 0.05) is 65.1 Å². The summed E-state index contributed by atoms with van der Waals surface area (Å²) >= 11 is 0. The number of benzene rings is 2. The van der Waals surface area contributed by atoms with Crippen LogP contribution in [0.15, 0.2) is 65.3 Å². The zero-order valence-corrected chi connectivity index (χ0v) is 24.3. The highest BCUT2D eigenvalue weighted by molar-refractivity contribution is 6.18. The molecule has 1 saturated heterocycles. The van der Waals surface area contributed by atoms with E-state index in [4.69, 9.17) is 9.47 Å². The molecule has 8 heteroatoms. The molecule has 0 radical (unpaired) electrons. The number of allylic oxidation sites excluding steroid dienone is 3. The SMILES string of the molecule is CO[C@@H]1[C@]2(C)/C=C\Cn3c4c(c5c6c(c7c(c53)[N@+]1(N(C)C(=O)c1ccccc1)C1=C7C=C[C@@H](C1)O2)C=NC=6)C(=O)CCC=4. The summed E-state index contributed by atoms with van der Waals surface area (Å²) in [4.78, 5) is 33.0. The fourth-order valence-corrected chi connectivity index (χ4v) is 8.62. The minimum atomic E-state index is -0.900. The van der Waals surface area contributed by atoms with Crippen molar-refractivity contribution < 1.29 is 19.1 Å². The van der Waals surface area contributed by atoms with E-state index in [2.05, 4.69) is 46.9 Å². The van der Waals surface area contributed by atoms with E-state index in [1.54, 1.807) is 7.11 Å². The number of methoxy groups -OCH3 is 1. The number of Topliss-reactive ketones (excluding diaryl/α,β-unsaturated/α-hetero) is 1. The number of carbonyl (C=O) groups is 2. The fraction of sp³-hybridized carbons (Fsp3) is 0.286. The minimum absolute atomic E-state index is 0.0191. The van der Waals surface area contributed by atoms with E-state index in [9.17, 15) is 9.59 Å². The number of ketones is 1. The van der Waals surface area contributed by atoms with Crippen molar-refractivity contribution in [1.29, 1.82) is 0 Å². The Morgan fingerprint density at radius 1 is 1.23 bits per heavy atom. The van der Waals surface area contributed by atoms with Gasteiger partial charge < -0.3 is 14.0 Å². The highest BCUT2D eigenvalue weighted by Gasteiger charge is 2.66. The second-order valence-electron chi connectivity index (χ2n) is 12.4. The number of hydrogen-bond acceptors (Lipinski definition) is 5. The molecule has 0 spiro atoms. The van der Waals surface area contributed by atoms with Gasteiger partial charge in [0.2, 0.25) is 0 Å². The molecule has 4 aliphatic heterocycles. The van der Waals surface area contributed by atoms with Crippen LogP contribution in [0.1, 0.15) is 58.0 Å². The quantitative estimate of drug-likeness (QED) is 0.353. The molecule has 0 unspecified atom stereocenters. The van der Waals surface area contributed by atoms with Gasteiger partial charge in [-0.25, -0.2) is 0 Å². The Bertz CT molecular complexity index is 2080. The highest BCUT2D eigenvalue weighted by Crippen LogP contribution is 2.59. The summed E-state index contributed by atoms with van der Waals surface area (Å²) in [6, 6.07) is 9.41. The first-order chi connectivity index (χ1) is 20.9. The van der Waals surface area contributed by atoms with Gasteiger partial charge in [-0.2, -0.15) is 5.01 Å². The maximum atomic E-state index is 14.6. The predicted octanol–water partition coefficient (Wildman–Crippen LogP) is 3.95. The summed E-state index contributed by atoms with van der Waals surface area (Å²) in [5.74, 6) is 0.0216. The average molecular weight is 572 g/mol. The van der Waals surface area contributed by atoms with Crippen molar-refractivity contribution in [3.05, 3.63) is 93.2 Å². The highest BCUT2D eigenvalue weighted by atomic mass is 16.6. The average Bonchev–Trinajstić information content (AvgIpc) is 3.69. The number of nitrogens with zero attached hydrogens (tertiary/aromatic N) is 4. The molecule has 43 heavy (non-hydrogen) atoms. The van der Waals surface area contributed by atoms with Gasteiger partial charge in [0.15, 0.2) is 22.8 Å². The van der Waals surface area contributed by atoms with Crippen molar-refractivity contribution in [3.8, 4) is 0 Å². The van der Waals surface area contributed by atoms with Crippen LogP contribution in [0, 0.1) is 0 Å². The van der Waals surface area contributed by atoms with Crippen molar-refractivity contribution in [1.82, 2.24) is 14.2 Å². The summed E-state index contributed by atoms with van der Waals surface area (Å²) in [6.07, 6.45) is 15.5. The van der Waals surface area contributed by atoms with Crippen LogP contribution in [0.3, 0.4) is 0 Å². The third-order valence-corrected chi connectivity index (χ3v) is 10.2. The molecular weight excluding hydrogens is 540 g/mol. The Kier molecular flexibility index (Phi) is 4.90. The first-order valence-corrected chi connectivity index (χ1v) is 14.9. The second kappa shape index (κ2) is 8.38. The maximum Gasteiger partial charge on any atom is 0.299 e. The number of rotatable bonds is 3. The molecule has 8 nitrogen and oxygen atoms in total. The van der Waals surface area contributed by atoms with Gasteiger partial charge in [0.05, 0.1) is 30.7 Å². The van der Waals surface area contributed by atoms with Crippen molar-refractivity contribution in [2.75, 3.05) is 14.2 Å². The summed E-state index contributed by atoms with van der Waals surface area (Å²) in [5.41, 5.74) is 6.51. The number of carbonyl (C=O) groups excluding carboxylic acids is 2. The molecule has 2 aromatic carbocycles. The Morgan fingerprint density at radius 3 is 2.88 bits per heavy atom. The molecule has 1 aromatic heterocycles. The standard InChI is InChI=1S/C35H31N4O4/c1-35-15-8-16-38-25-11-7-12-27(40)30(25)29-24-19-36-18-23(24)28-22-14-13-21(43-35)17-26(22)39(34(35)42-3,32(28)31(29)38)37(2)33(41)20-9-5-4-6-10-20/h4-6,8-11,13-15,18-19,21,34H,7,12,16-17H2,1-3H3/q+1/b15-8-/t21-,34+,35-,39+/m0/s1. The predicted molar refractivity (Wildman–Crippen MR) is 165 cm³/mol. The number of quaternary nitrogens is 1. The summed E-state index contributed by atoms with van der Waals surface area (Å²) in [7, 11) is 3.59. The lowest BCUT2D eigenvalue weighted by molar-refractivity contribution is -0.179. The lowest BCUT2D eigenvalue weighted by atomic mass is 9.90. The van der Waals surface area contributed by atoms with E-state index in [0.29, 0.717) is 31.4 Å². The lowest BCUT2D eigenvalue weighted by Gasteiger charge is -2.48. The van der Waals surface area contributed by atoms with Crippen molar-refractivity contribution in [2.45, 2.75) is 50.7 Å². The molecule has 9 rings (SSSR count). The van der Waals surface area contributed by atoms with Gasteiger partial charge in [-0.15, -0.1) is 4.59 Å². The monoisotopic (exact) mass is 571 g/mol. The van der Waals surface area contributed by atoms with Gasteiger partial charge in [0.1, 0.15) is 5.52 Å². The minimum Gasteiger partial charge on any atom is -0.354 e. The summed E-state index contributed by atoms with van der Waals surface area (Å²) in [5, 5.41) is 4.67. The molecule has 5 heterocycles. The second-order valence-corrected chi connectivity index (χ2v) is 12.4. The van der Waals surface area contributed by atoms with Crippen LogP contribution in [0.4, 0.5) is 5.69 Å². The Hall–Kier alpha value is -4.37. The van der Waals surface area contributed by atoms with Crippen LogP contribution in [0.25, 0.3) is 28.8 Å². The van der Waals surface area contributed by atoms with Crippen LogP contribution >= 0.6 is 0 Å².